The summed E-state index contributed by atoms with van der Waals surface area (Å²) in [6.07, 6.45) is 2.04. The molecular formula is C18H20FN3O. The first-order chi connectivity index (χ1) is 11.1. The number of likely N-dealkylation sites (tertiary alicyclic amines) is 1. The summed E-state index contributed by atoms with van der Waals surface area (Å²) >= 11 is 0. The van der Waals surface area contributed by atoms with Crippen LogP contribution in [0.4, 0.5) is 4.39 Å². The number of aryl methyl sites for hydroxylation is 1. The SMILES string of the molecule is Cc1nc(C(=O)N2CCCC2)cc(-c2ccccc2F)c1CN. The second-order valence-corrected chi connectivity index (χ2v) is 5.80. The molecule has 2 N–H and O–H groups in total. The predicted octanol–water partition coefficient (Wildman–Crippen LogP) is 2.89. The van der Waals surface area contributed by atoms with Crippen molar-refractivity contribution in [2.24, 2.45) is 5.73 Å². The van der Waals surface area contributed by atoms with Crippen molar-refractivity contribution in [3.8, 4) is 11.1 Å². The van der Waals surface area contributed by atoms with Crippen LogP contribution in [0.3, 0.4) is 0 Å². The van der Waals surface area contributed by atoms with E-state index in [4.69, 9.17) is 5.73 Å². The van der Waals surface area contributed by atoms with E-state index in [2.05, 4.69) is 4.98 Å². The molecule has 3 rings (SSSR count). The van der Waals surface area contributed by atoms with Crippen LogP contribution in [-0.4, -0.2) is 28.9 Å². The van der Waals surface area contributed by atoms with Crippen molar-refractivity contribution in [1.29, 1.82) is 0 Å². The van der Waals surface area contributed by atoms with Crippen molar-refractivity contribution >= 4 is 5.91 Å². The first-order valence-corrected chi connectivity index (χ1v) is 7.86. The maximum Gasteiger partial charge on any atom is 0.272 e. The van der Waals surface area contributed by atoms with E-state index in [1.165, 1.54) is 6.07 Å². The molecule has 4 nitrogen and oxygen atoms in total. The highest BCUT2D eigenvalue weighted by Crippen LogP contribution is 2.29. The van der Waals surface area contributed by atoms with Crippen LogP contribution in [0.2, 0.25) is 0 Å². The average Bonchev–Trinajstić information content (AvgIpc) is 3.08. The molecule has 5 heteroatoms. The van der Waals surface area contributed by atoms with Gasteiger partial charge in [0.1, 0.15) is 11.5 Å². The molecule has 1 fully saturated rings. The number of nitrogens with zero attached hydrogens (tertiary/aromatic N) is 2. The summed E-state index contributed by atoms with van der Waals surface area (Å²) in [5, 5.41) is 0. The van der Waals surface area contributed by atoms with E-state index in [1.807, 2.05) is 6.92 Å². The Morgan fingerprint density at radius 3 is 2.61 bits per heavy atom. The first kappa shape index (κ1) is 15.6. The molecule has 1 aliphatic rings. The number of hydrogen-bond acceptors (Lipinski definition) is 3. The fourth-order valence-corrected chi connectivity index (χ4v) is 3.07. The number of carbonyl (C=O) groups excluding carboxylic acids is 1. The fraction of sp³-hybridized carbons (Fsp3) is 0.333. The zero-order chi connectivity index (χ0) is 16.4. The van der Waals surface area contributed by atoms with Crippen molar-refractivity contribution in [3.63, 3.8) is 0 Å². The molecule has 0 atom stereocenters. The molecule has 0 bridgehead atoms. The second kappa shape index (κ2) is 6.46. The van der Waals surface area contributed by atoms with Gasteiger partial charge in [-0.05, 0) is 43.0 Å². The van der Waals surface area contributed by atoms with Gasteiger partial charge in [-0.25, -0.2) is 9.37 Å². The Morgan fingerprint density at radius 2 is 1.96 bits per heavy atom. The monoisotopic (exact) mass is 313 g/mol. The maximum absolute atomic E-state index is 14.2. The highest BCUT2D eigenvalue weighted by molar-refractivity contribution is 5.94. The van der Waals surface area contributed by atoms with Gasteiger partial charge in [0.05, 0.1) is 0 Å². The van der Waals surface area contributed by atoms with Crippen LogP contribution < -0.4 is 5.73 Å². The number of pyridine rings is 1. The third kappa shape index (κ3) is 2.97. The Balaban J connectivity index is 2.11. The van der Waals surface area contributed by atoms with E-state index in [0.717, 1.165) is 31.5 Å². The van der Waals surface area contributed by atoms with Crippen LogP contribution >= 0.6 is 0 Å². The van der Waals surface area contributed by atoms with Crippen LogP contribution in [-0.2, 0) is 6.54 Å². The topological polar surface area (TPSA) is 59.2 Å². The van der Waals surface area contributed by atoms with Crippen LogP contribution in [0.15, 0.2) is 30.3 Å². The number of hydrogen-bond donors (Lipinski definition) is 1. The average molecular weight is 313 g/mol. The zero-order valence-corrected chi connectivity index (χ0v) is 13.2. The largest absolute Gasteiger partial charge is 0.337 e. The molecule has 120 valence electrons. The van der Waals surface area contributed by atoms with Gasteiger partial charge < -0.3 is 10.6 Å². The molecular weight excluding hydrogens is 293 g/mol. The van der Waals surface area contributed by atoms with Crippen molar-refractivity contribution < 1.29 is 9.18 Å². The van der Waals surface area contributed by atoms with E-state index >= 15 is 0 Å². The van der Waals surface area contributed by atoms with Crippen molar-refractivity contribution in [2.75, 3.05) is 13.1 Å². The van der Waals surface area contributed by atoms with Crippen molar-refractivity contribution in [1.82, 2.24) is 9.88 Å². The number of nitrogens with two attached hydrogens (primary N) is 1. The lowest BCUT2D eigenvalue weighted by Gasteiger charge is -2.18. The van der Waals surface area contributed by atoms with Gasteiger partial charge in [-0.2, -0.15) is 0 Å². The first-order valence-electron chi connectivity index (χ1n) is 7.86. The minimum absolute atomic E-state index is 0.0910. The molecule has 0 spiro atoms. The standard InChI is InChI=1S/C18H20FN3O/c1-12-15(11-20)14(13-6-2-3-7-16(13)19)10-17(21-12)18(23)22-8-4-5-9-22/h2-3,6-7,10H,4-5,8-9,11,20H2,1H3. The quantitative estimate of drug-likeness (QED) is 0.948. The number of halogens is 1. The Bertz CT molecular complexity index is 739. The van der Waals surface area contributed by atoms with Crippen LogP contribution in [0.1, 0.15) is 34.6 Å². The summed E-state index contributed by atoms with van der Waals surface area (Å²) in [4.78, 5) is 18.8. The van der Waals surface area contributed by atoms with Gasteiger partial charge in [-0.15, -0.1) is 0 Å². The summed E-state index contributed by atoms with van der Waals surface area (Å²) in [5.74, 6) is -0.417. The second-order valence-electron chi connectivity index (χ2n) is 5.80. The van der Waals surface area contributed by atoms with Gasteiger partial charge in [0.15, 0.2) is 0 Å². The molecule has 1 aromatic carbocycles. The molecule has 0 unspecified atom stereocenters. The molecule has 1 aromatic heterocycles. The highest BCUT2D eigenvalue weighted by atomic mass is 19.1. The summed E-state index contributed by atoms with van der Waals surface area (Å²) in [7, 11) is 0. The van der Waals surface area contributed by atoms with E-state index in [0.29, 0.717) is 22.5 Å². The summed E-state index contributed by atoms with van der Waals surface area (Å²) < 4.78 is 14.2. The molecule has 2 heterocycles. The van der Waals surface area contributed by atoms with Gasteiger partial charge in [-0.3, -0.25) is 4.79 Å². The van der Waals surface area contributed by atoms with Crippen LogP contribution in [0.5, 0.6) is 0 Å². The van der Waals surface area contributed by atoms with Crippen molar-refractivity contribution in [2.45, 2.75) is 26.3 Å². The Kier molecular flexibility index (Phi) is 4.39. The lowest BCUT2D eigenvalue weighted by atomic mass is 9.97. The predicted molar refractivity (Wildman–Crippen MR) is 87.4 cm³/mol. The van der Waals surface area contributed by atoms with Crippen LogP contribution in [0, 0.1) is 12.7 Å². The molecule has 23 heavy (non-hydrogen) atoms. The molecule has 1 aliphatic heterocycles. The minimum atomic E-state index is -0.327. The summed E-state index contributed by atoms with van der Waals surface area (Å²) in [6.45, 7) is 3.58. The van der Waals surface area contributed by atoms with E-state index < -0.39 is 0 Å². The molecule has 0 saturated carbocycles. The normalized spacial score (nSPS) is 14.3. The summed E-state index contributed by atoms with van der Waals surface area (Å²) in [6, 6.07) is 8.21. The van der Waals surface area contributed by atoms with E-state index in [-0.39, 0.29) is 18.3 Å². The number of rotatable bonds is 3. The number of aromatic nitrogens is 1. The molecule has 0 radical (unpaired) electrons. The third-order valence-corrected chi connectivity index (χ3v) is 4.31. The van der Waals surface area contributed by atoms with Gasteiger partial charge >= 0.3 is 0 Å². The lowest BCUT2D eigenvalue weighted by Crippen LogP contribution is -2.28. The minimum Gasteiger partial charge on any atom is -0.337 e. The van der Waals surface area contributed by atoms with Gasteiger partial charge in [0, 0.05) is 30.9 Å². The van der Waals surface area contributed by atoms with E-state index in [1.54, 1.807) is 29.2 Å². The van der Waals surface area contributed by atoms with Crippen molar-refractivity contribution in [3.05, 3.63) is 53.1 Å². The zero-order valence-electron chi connectivity index (χ0n) is 13.2. The number of amides is 1. The molecule has 1 saturated heterocycles. The van der Waals surface area contributed by atoms with Gasteiger partial charge in [-0.1, -0.05) is 18.2 Å². The van der Waals surface area contributed by atoms with Gasteiger partial charge in [0.25, 0.3) is 5.91 Å². The highest BCUT2D eigenvalue weighted by Gasteiger charge is 2.23. The lowest BCUT2D eigenvalue weighted by molar-refractivity contribution is 0.0787. The Labute approximate surface area is 135 Å². The molecule has 2 aromatic rings. The van der Waals surface area contributed by atoms with E-state index in [9.17, 15) is 9.18 Å². The third-order valence-electron chi connectivity index (χ3n) is 4.31. The fourth-order valence-electron chi connectivity index (χ4n) is 3.07. The Hall–Kier alpha value is -2.27. The molecule has 1 amide bonds. The maximum atomic E-state index is 14.2. The number of benzene rings is 1. The van der Waals surface area contributed by atoms with Gasteiger partial charge in [0.2, 0.25) is 0 Å². The Morgan fingerprint density at radius 1 is 1.26 bits per heavy atom. The number of carbonyl (C=O) groups is 1. The smallest absolute Gasteiger partial charge is 0.272 e. The summed E-state index contributed by atoms with van der Waals surface area (Å²) in [5.41, 5.74) is 8.74. The molecule has 0 aliphatic carbocycles. The van der Waals surface area contributed by atoms with Crippen LogP contribution in [0.25, 0.3) is 11.1 Å².